The van der Waals surface area contributed by atoms with Crippen LogP contribution in [0.1, 0.15) is 17.0 Å². The highest BCUT2D eigenvalue weighted by Gasteiger charge is 2.07. The number of hydrogen-bond acceptors (Lipinski definition) is 2. The van der Waals surface area contributed by atoms with Crippen molar-refractivity contribution in [3.05, 3.63) is 64.4 Å². The number of hydrogen-bond donors (Lipinski definition) is 1. The maximum Gasteiger partial charge on any atom is 0.111 e. The highest BCUT2D eigenvalue weighted by atomic mass is 35.5. The van der Waals surface area contributed by atoms with Gasteiger partial charge in [-0.1, -0.05) is 29.8 Å². The lowest BCUT2D eigenvalue weighted by Crippen LogP contribution is -1.90. The van der Waals surface area contributed by atoms with Gasteiger partial charge in [0.05, 0.1) is 11.1 Å². The van der Waals surface area contributed by atoms with E-state index in [9.17, 15) is 0 Å². The smallest absolute Gasteiger partial charge is 0.111 e. The predicted octanol–water partition coefficient (Wildman–Crippen LogP) is 3.68. The van der Waals surface area contributed by atoms with Crippen LogP contribution in [0.15, 0.2) is 42.5 Å². The molecular formula is C15H10ClN3. The fourth-order valence-electron chi connectivity index (χ4n) is 2.10. The van der Waals surface area contributed by atoms with Gasteiger partial charge in [0.1, 0.15) is 17.4 Å². The summed E-state index contributed by atoms with van der Waals surface area (Å²) in [7, 11) is 0. The van der Waals surface area contributed by atoms with Gasteiger partial charge in [0, 0.05) is 11.4 Å². The summed E-state index contributed by atoms with van der Waals surface area (Å²) in [5.41, 5.74) is 3.29. The molecule has 4 heteroatoms. The van der Waals surface area contributed by atoms with Crippen molar-refractivity contribution in [2.24, 2.45) is 0 Å². The first kappa shape index (κ1) is 11.8. The van der Waals surface area contributed by atoms with E-state index in [-0.39, 0.29) is 0 Å². The Balaban J connectivity index is 2.01. The van der Waals surface area contributed by atoms with E-state index in [1.165, 1.54) is 0 Å². The highest BCUT2D eigenvalue weighted by molar-refractivity contribution is 6.30. The Morgan fingerprint density at radius 1 is 1.21 bits per heavy atom. The van der Waals surface area contributed by atoms with Crippen molar-refractivity contribution in [3.8, 4) is 6.07 Å². The van der Waals surface area contributed by atoms with E-state index < -0.39 is 0 Å². The normalized spacial score (nSPS) is 10.5. The molecule has 19 heavy (non-hydrogen) atoms. The molecule has 0 unspecified atom stereocenters. The quantitative estimate of drug-likeness (QED) is 0.770. The van der Waals surface area contributed by atoms with E-state index in [1.807, 2.05) is 36.4 Å². The van der Waals surface area contributed by atoms with E-state index in [0.717, 1.165) is 22.4 Å². The Morgan fingerprint density at radius 2 is 2.05 bits per heavy atom. The Kier molecular flexibility index (Phi) is 2.94. The number of para-hydroxylation sites is 1. The summed E-state index contributed by atoms with van der Waals surface area (Å²) in [4.78, 5) is 7.72. The minimum Gasteiger partial charge on any atom is -0.342 e. The van der Waals surface area contributed by atoms with E-state index in [2.05, 4.69) is 16.0 Å². The van der Waals surface area contributed by atoms with Gasteiger partial charge in [-0.25, -0.2) is 4.98 Å². The predicted molar refractivity (Wildman–Crippen MR) is 75.1 cm³/mol. The second-order valence-electron chi connectivity index (χ2n) is 4.30. The Hall–Kier alpha value is -2.31. The molecule has 0 bridgehead atoms. The minimum absolute atomic E-state index is 0.589. The van der Waals surface area contributed by atoms with Crippen molar-refractivity contribution in [3.63, 3.8) is 0 Å². The number of nitrogens with one attached hydrogen (secondary N) is 1. The number of fused-ring (bicyclic) bond motifs is 1. The molecule has 0 spiro atoms. The van der Waals surface area contributed by atoms with Crippen LogP contribution in [0.4, 0.5) is 0 Å². The maximum absolute atomic E-state index is 9.05. The largest absolute Gasteiger partial charge is 0.342 e. The number of rotatable bonds is 2. The topological polar surface area (TPSA) is 52.5 Å². The molecule has 0 aliphatic rings. The summed E-state index contributed by atoms with van der Waals surface area (Å²) in [6.07, 6.45) is 0.667. The van der Waals surface area contributed by atoms with E-state index >= 15 is 0 Å². The monoisotopic (exact) mass is 267 g/mol. The molecule has 1 aromatic heterocycles. The van der Waals surface area contributed by atoms with Crippen molar-refractivity contribution in [1.82, 2.24) is 9.97 Å². The summed E-state index contributed by atoms with van der Waals surface area (Å²) in [6.45, 7) is 0. The second-order valence-corrected chi connectivity index (χ2v) is 4.74. The molecule has 0 saturated carbocycles. The first-order valence-electron chi connectivity index (χ1n) is 5.88. The van der Waals surface area contributed by atoms with Crippen LogP contribution >= 0.6 is 11.6 Å². The second kappa shape index (κ2) is 4.75. The summed E-state index contributed by atoms with van der Waals surface area (Å²) >= 11 is 5.96. The molecule has 92 valence electrons. The Morgan fingerprint density at radius 3 is 2.84 bits per heavy atom. The number of benzene rings is 2. The average Bonchev–Trinajstić information content (AvgIpc) is 2.80. The Bertz CT molecular complexity index is 783. The van der Waals surface area contributed by atoms with Crippen LogP contribution in [-0.2, 0) is 6.42 Å². The first-order chi connectivity index (χ1) is 9.26. The summed E-state index contributed by atoms with van der Waals surface area (Å²) < 4.78 is 0. The average molecular weight is 268 g/mol. The number of halogens is 1. The fraction of sp³-hybridized carbons (Fsp3) is 0.0667. The maximum atomic E-state index is 9.05. The number of nitrogens with zero attached hydrogens (tertiary/aromatic N) is 2. The van der Waals surface area contributed by atoms with Gasteiger partial charge < -0.3 is 4.98 Å². The van der Waals surface area contributed by atoms with Gasteiger partial charge in [0.15, 0.2) is 0 Å². The van der Waals surface area contributed by atoms with Gasteiger partial charge in [0.2, 0.25) is 0 Å². The molecule has 1 N–H and O–H groups in total. The van der Waals surface area contributed by atoms with Gasteiger partial charge in [-0.05, 0) is 29.8 Å². The van der Waals surface area contributed by atoms with Crippen molar-refractivity contribution < 1.29 is 0 Å². The molecule has 0 fully saturated rings. The molecule has 0 amide bonds. The number of imidazole rings is 1. The number of nitriles is 1. The molecule has 1 heterocycles. The molecular weight excluding hydrogens is 258 g/mol. The zero-order valence-electron chi connectivity index (χ0n) is 10.0. The first-order valence-corrected chi connectivity index (χ1v) is 6.26. The number of H-pyrrole nitrogens is 1. The van der Waals surface area contributed by atoms with Gasteiger partial charge in [0.25, 0.3) is 0 Å². The zero-order chi connectivity index (χ0) is 13.2. The number of aromatic amines is 1. The molecule has 3 rings (SSSR count). The molecule has 0 aliphatic heterocycles. The highest BCUT2D eigenvalue weighted by Crippen LogP contribution is 2.18. The van der Waals surface area contributed by atoms with E-state index in [4.69, 9.17) is 16.9 Å². The fourth-order valence-corrected chi connectivity index (χ4v) is 2.31. The molecule has 3 nitrogen and oxygen atoms in total. The lowest BCUT2D eigenvalue weighted by Gasteiger charge is -1.98. The van der Waals surface area contributed by atoms with E-state index in [0.29, 0.717) is 17.0 Å². The molecule has 0 atom stereocenters. The van der Waals surface area contributed by atoms with Gasteiger partial charge in [-0.2, -0.15) is 5.26 Å². The molecule has 0 aliphatic carbocycles. The molecule has 3 aromatic rings. The third-order valence-electron chi connectivity index (χ3n) is 2.94. The van der Waals surface area contributed by atoms with Crippen molar-refractivity contribution in [2.75, 3.05) is 0 Å². The molecule has 0 radical (unpaired) electrons. The Labute approximate surface area is 115 Å². The van der Waals surface area contributed by atoms with Gasteiger partial charge in [-0.15, -0.1) is 0 Å². The lowest BCUT2D eigenvalue weighted by atomic mass is 10.1. The van der Waals surface area contributed by atoms with E-state index in [1.54, 1.807) is 6.07 Å². The van der Waals surface area contributed by atoms with Crippen LogP contribution in [0.25, 0.3) is 11.0 Å². The van der Waals surface area contributed by atoms with Crippen LogP contribution in [0, 0.1) is 11.3 Å². The standard InChI is InChI=1S/C15H10ClN3/c16-12-5-1-3-10(7-12)8-14-18-13-6-2-4-11(9-17)15(13)19-14/h1-7H,8H2,(H,18,19). The van der Waals surface area contributed by atoms with Crippen LogP contribution in [0.5, 0.6) is 0 Å². The van der Waals surface area contributed by atoms with Crippen molar-refractivity contribution >= 4 is 22.6 Å². The molecule has 0 saturated heterocycles. The van der Waals surface area contributed by atoms with Crippen LogP contribution in [0.3, 0.4) is 0 Å². The minimum atomic E-state index is 0.589. The molecule has 2 aromatic carbocycles. The van der Waals surface area contributed by atoms with Crippen LogP contribution < -0.4 is 0 Å². The lowest BCUT2D eigenvalue weighted by molar-refractivity contribution is 1.04. The SMILES string of the molecule is N#Cc1cccc2[nH]c(Cc3cccc(Cl)c3)nc12. The van der Waals surface area contributed by atoms with Crippen LogP contribution in [-0.4, -0.2) is 9.97 Å². The summed E-state index contributed by atoms with van der Waals surface area (Å²) in [5, 5.41) is 9.76. The summed E-state index contributed by atoms with van der Waals surface area (Å²) in [6, 6.07) is 15.4. The van der Waals surface area contributed by atoms with Gasteiger partial charge in [-0.3, -0.25) is 0 Å². The van der Waals surface area contributed by atoms with Crippen molar-refractivity contribution in [1.29, 1.82) is 5.26 Å². The third-order valence-corrected chi connectivity index (χ3v) is 3.18. The van der Waals surface area contributed by atoms with Gasteiger partial charge >= 0.3 is 0 Å². The van der Waals surface area contributed by atoms with Crippen LogP contribution in [0.2, 0.25) is 5.02 Å². The number of aromatic nitrogens is 2. The van der Waals surface area contributed by atoms with Crippen molar-refractivity contribution in [2.45, 2.75) is 6.42 Å². The third kappa shape index (κ3) is 2.31. The summed E-state index contributed by atoms with van der Waals surface area (Å²) in [5.74, 6) is 0.833. The zero-order valence-corrected chi connectivity index (χ0v) is 10.8.